The van der Waals surface area contributed by atoms with Crippen LogP contribution in [0, 0.1) is 21.8 Å². The number of halogens is 1. The number of amides is 2. The number of nitro benzene ring substituents is 1. The summed E-state index contributed by atoms with van der Waals surface area (Å²) < 4.78 is 13.0. The summed E-state index contributed by atoms with van der Waals surface area (Å²) in [5.74, 6) is -1.77. The Morgan fingerprint density at radius 1 is 1.18 bits per heavy atom. The molecule has 0 saturated heterocycles. The van der Waals surface area contributed by atoms with E-state index in [0.717, 1.165) is 12.1 Å². The molecule has 0 spiro atoms. The second kappa shape index (κ2) is 9.36. The number of carbonyl (C=O) groups is 2. The predicted octanol–water partition coefficient (Wildman–Crippen LogP) is 2.64. The van der Waals surface area contributed by atoms with E-state index in [1.165, 1.54) is 36.5 Å². The summed E-state index contributed by atoms with van der Waals surface area (Å²) in [5, 5.41) is 17.1. The summed E-state index contributed by atoms with van der Waals surface area (Å²) in [6, 6.07) is 9.83. The zero-order valence-corrected chi connectivity index (χ0v) is 15.3. The molecule has 0 aromatic heterocycles. The van der Waals surface area contributed by atoms with Crippen LogP contribution in [0.4, 0.5) is 10.1 Å². The first-order valence-electron chi connectivity index (χ1n) is 8.41. The van der Waals surface area contributed by atoms with Gasteiger partial charge in [0.1, 0.15) is 11.9 Å². The normalized spacial score (nSPS) is 12.0. The van der Waals surface area contributed by atoms with Gasteiger partial charge in [-0.05, 0) is 30.2 Å². The summed E-state index contributed by atoms with van der Waals surface area (Å²) in [6.45, 7) is 3.50. The van der Waals surface area contributed by atoms with Crippen molar-refractivity contribution in [2.24, 2.45) is 11.0 Å². The maximum Gasteiger partial charge on any atom is 0.270 e. The maximum absolute atomic E-state index is 13.0. The second-order valence-corrected chi connectivity index (χ2v) is 6.29. The molecule has 1 atom stereocenters. The molecule has 28 heavy (non-hydrogen) atoms. The Kier molecular flexibility index (Phi) is 6.91. The number of hydrogen-bond donors (Lipinski definition) is 2. The third-order valence-electron chi connectivity index (χ3n) is 3.81. The molecule has 0 aliphatic heterocycles. The Morgan fingerprint density at radius 3 is 2.46 bits per heavy atom. The molecule has 0 radical (unpaired) electrons. The first-order valence-corrected chi connectivity index (χ1v) is 8.41. The van der Waals surface area contributed by atoms with Crippen molar-refractivity contribution in [1.82, 2.24) is 10.7 Å². The van der Waals surface area contributed by atoms with Crippen molar-refractivity contribution in [1.29, 1.82) is 0 Å². The molecule has 9 heteroatoms. The van der Waals surface area contributed by atoms with Crippen LogP contribution in [0.2, 0.25) is 0 Å². The van der Waals surface area contributed by atoms with E-state index in [4.69, 9.17) is 0 Å². The topological polar surface area (TPSA) is 114 Å². The lowest BCUT2D eigenvalue weighted by Crippen LogP contribution is -2.48. The van der Waals surface area contributed by atoms with Crippen LogP contribution in [0.1, 0.15) is 29.8 Å². The maximum atomic E-state index is 13.0. The van der Waals surface area contributed by atoms with E-state index in [9.17, 15) is 24.1 Å². The number of nitrogens with one attached hydrogen (secondary N) is 2. The molecule has 2 rings (SSSR count). The van der Waals surface area contributed by atoms with Crippen LogP contribution in [0.5, 0.6) is 0 Å². The highest BCUT2D eigenvalue weighted by Gasteiger charge is 2.24. The number of nitro groups is 1. The average Bonchev–Trinajstić information content (AvgIpc) is 2.66. The monoisotopic (exact) mass is 386 g/mol. The van der Waals surface area contributed by atoms with Gasteiger partial charge in [0.2, 0.25) is 0 Å². The van der Waals surface area contributed by atoms with Gasteiger partial charge in [0.25, 0.3) is 17.5 Å². The summed E-state index contributed by atoms with van der Waals surface area (Å²) in [6.07, 6.45) is 1.27. The third kappa shape index (κ3) is 5.70. The Hall–Kier alpha value is -3.62. The van der Waals surface area contributed by atoms with E-state index in [2.05, 4.69) is 15.8 Å². The van der Waals surface area contributed by atoms with Crippen LogP contribution < -0.4 is 10.7 Å². The molecule has 146 valence electrons. The van der Waals surface area contributed by atoms with Crippen molar-refractivity contribution in [2.45, 2.75) is 19.9 Å². The minimum Gasteiger partial charge on any atom is -0.340 e. The molecule has 8 nitrogen and oxygen atoms in total. The first-order chi connectivity index (χ1) is 13.3. The Bertz CT molecular complexity index is 897. The van der Waals surface area contributed by atoms with E-state index in [1.807, 2.05) is 0 Å². The Balaban J connectivity index is 2.02. The van der Waals surface area contributed by atoms with E-state index in [0.29, 0.717) is 5.56 Å². The van der Waals surface area contributed by atoms with Crippen LogP contribution in [-0.4, -0.2) is 29.0 Å². The smallest absolute Gasteiger partial charge is 0.270 e. The number of hydrazone groups is 1. The lowest BCUT2D eigenvalue weighted by molar-refractivity contribution is -0.384. The third-order valence-corrected chi connectivity index (χ3v) is 3.81. The van der Waals surface area contributed by atoms with Gasteiger partial charge in [0, 0.05) is 23.3 Å². The molecule has 1 unspecified atom stereocenters. The van der Waals surface area contributed by atoms with Crippen molar-refractivity contribution in [3.05, 3.63) is 75.6 Å². The lowest BCUT2D eigenvalue weighted by Gasteiger charge is -2.20. The molecule has 0 heterocycles. The van der Waals surface area contributed by atoms with Gasteiger partial charge in [0.15, 0.2) is 0 Å². The Labute approximate surface area is 160 Å². The number of non-ortho nitro benzene ring substituents is 1. The zero-order valence-electron chi connectivity index (χ0n) is 15.3. The molecule has 0 bridgehead atoms. The summed E-state index contributed by atoms with van der Waals surface area (Å²) in [7, 11) is 0. The predicted molar refractivity (Wildman–Crippen MR) is 101 cm³/mol. The van der Waals surface area contributed by atoms with Crippen molar-refractivity contribution < 1.29 is 18.9 Å². The van der Waals surface area contributed by atoms with Crippen molar-refractivity contribution >= 4 is 23.7 Å². The molecule has 0 aliphatic rings. The number of carbonyl (C=O) groups excluding carboxylic acids is 2. The highest BCUT2D eigenvalue weighted by molar-refractivity contribution is 5.97. The van der Waals surface area contributed by atoms with Gasteiger partial charge < -0.3 is 5.32 Å². The fourth-order valence-electron chi connectivity index (χ4n) is 2.32. The van der Waals surface area contributed by atoms with E-state index >= 15 is 0 Å². The molecular formula is C19H19FN4O4. The SMILES string of the molecule is CC(C)C(NC(=O)c1ccc(F)cc1)C(=O)N/N=C/c1cccc([N+](=O)[O-])c1. The lowest BCUT2D eigenvalue weighted by atomic mass is 10.0. The molecular weight excluding hydrogens is 367 g/mol. The van der Waals surface area contributed by atoms with Gasteiger partial charge in [-0.3, -0.25) is 19.7 Å². The van der Waals surface area contributed by atoms with Gasteiger partial charge in [-0.15, -0.1) is 0 Å². The van der Waals surface area contributed by atoms with Crippen LogP contribution in [0.25, 0.3) is 0 Å². The minimum absolute atomic E-state index is 0.0955. The Morgan fingerprint density at radius 2 is 1.86 bits per heavy atom. The molecule has 2 N–H and O–H groups in total. The highest BCUT2D eigenvalue weighted by Crippen LogP contribution is 2.11. The number of benzene rings is 2. The van der Waals surface area contributed by atoms with Gasteiger partial charge >= 0.3 is 0 Å². The first kappa shape index (κ1) is 20.7. The van der Waals surface area contributed by atoms with E-state index in [-0.39, 0.29) is 17.2 Å². The van der Waals surface area contributed by atoms with Crippen molar-refractivity contribution in [3.63, 3.8) is 0 Å². The zero-order chi connectivity index (χ0) is 20.7. The van der Waals surface area contributed by atoms with E-state index in [1.54, 1.807) is 19.9 Å². The van der Waals surface area contributed by atoms with Gasteiger partial charge in [-0.1, -0.05) is 26.0 Å². The van der Waals surface area contributed by atoms with Crippen molar-refractivity contribution in [2.75, 3.05) is 0 Å². The van der Waals surface area contributed by atoms with Gasteiger partial charge in [-0.25, -0.2) is 9.82 Å². The molecule has 0 fully saturated rings. The number of rotatable bonds is 7. The molecule has 2 aromatic carbocycles. The number of hydrogen-bond acceptors (Lipinski definition) is 5. The van der Waals surface area contributed by atoms with Crippen LogP contribution in [0.15, 0.2) is 53.6 Å². The second-order valence-electron chi connectivity index (χ2n) is 6.29. The average molecular weight is 386 g/mol. The van der Waals surface area contributed by atoms with Crippen molar-refractivity contribution in [3.8, 4) is 0 Å². The fraction of sp³-hybridized carbons (Fsp3) is 0.211. The van der Waals surface area contributed by atoms with Crippen LogP contribution in [-0.2, 0) is 4.79 Å². The summed E-state index contributed by atoms with van der Waals surface area (Å²) >= 11 is 0. The standard InChI is InChI=1S/C19H19FN4O4/c1-12(2)17(22-18(25)14-6-8-15(20)9-7-14)19(26)23-21-11-13-4-3-5-16(10-13)24(27)28/h3-12,17H,1-2H3,(H,22,25)(H,23,26)/b21-11+. The summed E-state index contributed by atoms with van der Waals surface area (Å²) in [5.41, 5.74) is 2.88. The highest BCUT2D eigenvalue weighted by atomic mass is 19.1. The molecule has 0 aliphatic carbocycles. The fourth-order valence-corrected chi connectivity index (χ4v) is 2.32. The largest absolute Gasteiger partial charge is 0.340 e. The molecule has 2 amide bonds. The number of nitrogens with zero attached hydrogens (tertiary/aromatic N) is 2. The van der Waals surface area contributed by atoms with Gasteiger partial charge in [-0.2, -0.15) is 5.10 Å². The van der Waals surface area contributed by atoms with E-state index < -0.39 is 28.6 Å². The summed E-state index contributed by atoms with van der Waals surface area (Å²) in [4.78, 5) is 34.9. The van der Waals surface area contributed by atoms with Crippen LogP contribution in [0.3, 0.4) is 0 Å². The van der Waals surface area contributed by atoms with Crippen LogP contribution >= 0.6 is 0 Å². The van der Waals surface area contributed by atoms with Gasteiger partial charge in [0.05, 0.1) is 11.1 Å². The molecule has 2 aromatic rings. The minimum atomic E-state index is -0.875. The quantitative estimate of drug-likeness (QED) is 0.432. The molecule has 0 saturated carbocycles.